The van der Waals surface area contributed by atoms with Gasteiger partial charge in [-0.1, -0.05) is 20.8 Å². The van der Waals surface area contributed by atoms with Gasteiger partial charge in [0.1, 0.15) is 0 Å². The molecule has 1 rings (SSSR count). The fourth-order valence-electron chi connectivity index (χ4n) is 1.43. The summed E-state index contributed by atoms with van der Waals surface area (Å²) in [4.78, 5) is 0.330. The highest BCUT2D eigenvalue weighted by Crippen LogP contribution is 2.19. The second-order valence-corrected chi connectivity index (χ2v) is 7.57. The molecule has 0 bridgehead atoms. The van der Waals surface area contributed by atoms with Crippen LogP contribution in [-0.4, -0.2) is 31.4 Å². The second kappa shape index (κ2) is 5.92. The highest BCUT2D eigenvalue weighted by Gasteiger charge is 2.24. The molecule has 1 aromatic carbocycles. The van der Waals surface area contributed by atoms with Crippen LogP contribution in [0.25, 0.3) is 0 Å². The summed E-state index contributed by atoms with van der Waals surface area (Å²) < 4.78 is 23.3. The molecule has 19 heavy (non-hydrogen) atoms. The van der Waals surface area contributed by atoms with Gasteiger partial charge in [-0.15, -0.1) is 0 Å². The SMILES string of the molecule is CCS(=O)(=O)c1ccc(NC[C@@](C)(O)C(C)C)cc1. The summed E-state index contributed by atoms with van der Waals surface area (Å²) in [5, 5.41) is 13.2. The van der Waals surface area contributed by atoms with E-state index in [0.29, 0.717) is 11.4 Å². The molecule has 0 fully saturated rings. The Labute approximate surface area is 115 Å². The average Bonchev–Trinajstić information content (AvgIpc) is 2.37. The molecule has 0 spiro atoms. The first kappa shape index (κ1) is 16.0. The molecule has 0 aliphatic carbocycles. The van der Waals surface area contributed by atoms with Gasteiger partial charge in [0.25, 0.3) is 0 Å². The number of benzene rings is 1. The molecular formula is C14H23NO3S. The maximum absolute atomic E-state index is 11.7. The van der Waals surface area contributed by atoms with E-state index in [0.717, 1.165) is 5.69 Å². The van der Waals surface area contributed by atoms with E-state index in [1.807, 2.05) is 13.8 Å². The minimum atomic E-state index is -3.15. The van der Waals surface area contributed by atoms with Gasteiger partial charge in [-0.3, -0.25) is 0 Å². The molecule has 0 saturated carbocycles. The third-order valence-electron chi connectivity index (χ3n) is 3.49. The molecule has 1 atom stereocenters. The molecule has 0 aliphatic heterocycles. The Hall–Kier alpha value is -1.07. The first-order chi connectivity index (χ1) is 8.69. The Balaban J connectivity index is 2.74. The number of hydrogen-bond acceptors (Lipinski definition) is 4. The summed E-state index contributed by atoms with van der Waals surface area (Å²) in [5.74, 6) is 0.238. The summed E-state index contributed by atoms with van der Waals surface area (Å²) in [7, 11) is -3.15. The van der Waals surface area contributed by atoms with E-state index in [-0.39, 0.29) is 11.7 Å². The zero-order valence-corrected chi connectivity index (χ0v) is 12.8. The Morgan fingerprint density at radius 2 is 1.79 bits per heavy atom. The highest BCUT2D eigenvalue weighted by atomic mass is 32.2. The van der Waals surface area contributed by atoms with Gasteiger partial charge in [0, 0.05) is 12.2 Å². The zero-order chi connectivity index (χ0) is 14.7. The molecule has 0 aliphatic rings. The van der Waals surface area contributed by atoms with E-state index in [1.54, 1.807) is 38.1 Å². The standard InChI is InChI=1S/C14H23NO3S/c1-5-19(17,18)13-8-6-12(7-9-13)15-10-14(4,16)11(2)3/h6-9,11,15-16H,5,10H2,1-4H3/t14-/m1/s1. The minimum Gasteiger partial charge on any atom is -0.388 e. The summed E-state index contributed by atoms with van der Waals surface area (Å²) in [6.07, 6.45) is 0. The van der Waals surface area contributed by atoms with Gasteiger partial charge >= 0.3 is 0 Å². The third-order valence-corrected chi connectivity index (χ3v) is 5.24. The maximum Gasteiger partial charge on any atom is 0.178 e. The lowest BCUT2D eigenvalue weighted by atomic mass is 9.92. The lowest BCUT2D eigenvalue weighted by Gasteiger charge is -2.28. The van der Waals surface area contributed by atoms with Gasteiger partial charge in [-0.05, 0) is 37.1 Å². The predicted octanol–water partition coefficient (Wildman–Crippen LogP) is 2.30. The third kappa shape index (κ3) is 4.21. The number of aliphatic hydroxyl groups is 1. The fourth-order valence-corrected chi connectivity index (χ4v) is 2.32. The summed E-state index contributed by atoms with van der Waals surface area (Å²) in [6, 6.07) is 6.62. The van der Waals surface area contributed by atoms with Gasteiger partial charge in [-0.2, -0.15) is 0 Å². The molecule has 0 amide bonds. The van der Waals surface area contributed by atoms with Crippen molar-refractivity contribution >= 4 is 15.5 Å². The van der Waals surface area contributed by atoms with Crippen LogP contribution < -0.4 is 5.32 Å². The molecule has 5 heteroatoms. The van der Waals surface area contributed by atoms with Crippen LogP contribution in [0.15, 0.2) is 29.2 Å². The Kier molecular flexibility index (Phi) is 4.98. The smallest absolute Gasteiger partial charge is 0.178 e. The molecule has 0 saturated heterocycles. The van der Waals surface area contributed by atoms with Gasteiger partial charge in [0.15, 0.2) is 9.84 Å². The van der Waals surface area contributed by atoms with Crippen molar-refractivity contribution < 1.29 is 13.5 Å². The van der Waals surface area contributed by atoms with Gasteiger partial charge < -0.3 is 10.4 Å². The van der Waals surface area contributed by atoms with E-state index in [4.69, 9.17) is 0 Å². The first-order valence-corrected chi connectivity index (χ1v) is 8.13. The van der Waals surface area contributed by atoms with Crippen molar-refractivity contribution in [1.82, 2.24) is 0 Å². The number of sulfone groups is 1. The van der Waals surface area contributed by atoms with Gasteiger partial charge in [-0.25, -0.2) is 8.42 Å². The molecule has 1 aromatic rings. The van der Waals surface area contributed by atoms with Crippen LogP contribution in [-0.2, 0) is 9.84 Å². The molecule has 108 valence electrons. The molecule has 0 aromatic heterocycles. The van der Waals surface area contributed by atoms with E-state index in [1.165, 1.54) is 0 Å². The van der Waals surface area contributed by atoms with Crippen LogP contribution >= 0.6 is 0 Å². The molecular weight excluding hydrogens is 262 g/mol. The summed E-state index contributed by atoms with van der Waals surface area (Å²) >= 11 is 0. The summed E-state index contributed by atoms with van der Waals surface area (Å²) in [6.45, 7) is 7.74. The molecule has 0 heterocycles. The average molecular weight is 285 g/mol. The van der Waals surface area contributed by atoms with Crippen LogP contribution in [0, 0.1) is 5.92 Å². The van der Waals surface area contributed by atoms with Crippen molar-refractivity contribution in [3.8, 4) is 0 Å². The normalized spacial score (nSPS) is 15.3. The monoisotopic (exact) mass is 285 g/mol. The van der Waals surface area contributed by atoms with E-state index in [2.05, 4.69) is 5.32 Å². The Morgan fingerprint density at radius 1 is 1.26 bits per heavy atom. The first-order valence-electron chi connectivity index (χ1n) is 6.48. The topological polar surface area (TPSA) is 66.4 Å². The minimum absolute atomic E-state index is 0.0990. The van der Waals surface area contributed by atoms with Crippen LogP contribution in [0.2, 0.25) is 0 Å². The largest absolute Gasteiger partial charge is 0.388 e. The molecule has 4 nitrogen and oxygen atoms in total. The van der Waals surface area contributed by atoms with Crippen LogP contribution in [0.3, 0.4) is 0 Å². The lowest BCUT2D eigenvalue weighted by Crippen LogP contribution is -2.38. The van der Waals surface area contributed by atoms with E-state index >= 15 is 0 Å². The van der Waals surface area contributed by atoms with Crippen molar-refractivity contribution in [2.75, 3.05) is 17.6 Å². The van der Waals surface area contributed by atoms with Crippen LogP contribution in [0.5, 0.6) is 0 Å². The van der Waals surface area contributed by atoms with Crippen LogP contribution in [0.1, 0.15) is 27.7 Å². The predicted molar refractivity (Wildman–Crippen MR) is 78.1 cm³/mol. The maximum atomic E-state index is 11.7. The molecule has 2 N–H and O–H groups in total. The highest BCUT2D eigenvalue weighted by molar-refractivity contribution is 7.91. The van der Waals surface area contributed by atoms with Crippen molar-refractivity contribution in [2.24, 2.45) is 5.92 Å². The number of anilines is 1. The number of hydrogen-bond donors (Lipinski definition) is 2. The van der Waals surface area contributed by atoms with Gasteiger partial charge in [0.2, 0.25) is 0 Å². The van der Waals surface area contributed by atoms with Crippen LogP contribution in [0.4, 0.5) is 5.69 Å². The van der Waals surface area contributed by atoms with Crippen molar-refractivity contribution in [1.29, 1.82) is 0 Å². The quantitative estimate of drug-likeness (QED) is 0.841. The molecule has 0 unspecified atom stereocenters. The Bertz CT molecular complexity index is 504. The van der Waals surface area contributed by atoms with Crippen molar-refractivity contribution in [3.63, 3.8) is 0 Å². The lowest BCUT2D eigenvalue weighted by molar-refractivity contribution is 0.0266. The molecule has 0 radical (unpaired) electrons. The fraction of sp³-hybridized carbons (Fsp3) is 0.571. The zero-order valence-electron chi connectivity index (χ0n) is 12.0. The number of nitrogens with one attached hydrogen (secondary N) is 1. The van der Waals surface area contributed by atoms with E-state index < -0.39 is 15.4 Å². The second-order valence-electron chi connectivity index (χ2n) is 5.29. The summed E-state index contributed by atoms with van der Waals surface area (Å²) in [5.41, 5.74) is 0.00438. The van der Waals surface area contributed by atoms with Gasteiger partial charge in [0.05, 0.1) is 16.2 Å². The number of rotatable bonds is 6. The van der Waals surface area contributed by atoms with Crippen molar-refractivity contribution in [3.05, 3.63) is 24.3 Å². The van der Waals surface area contributed by atoms with Crippen molar-refractivity contribution in [2.45, 2.75) is 38.2 Å². The van der Waals surface area contributed by atoms with E-state index in [9.17, 15) is 13.5 Å². The Morgan fingerprint density at radius 3 is 2.21 bits per heavy atom.